The molecule has 1 amide bonds. The fourth-order valence-corrected chi connectivity index (χ4v) is 2.14. The van der Waals surface area contributed by atoms with Crippen molar-refractivity contribution in [1.82, 2.24) is 14.9 Å². The molecule has 1 heterocycles. The first kappa shape index (κ1) is 14.6. The maximum Gasteiger partial charge on any atom is 0.253 e. The van der Waals surface area contributed by atoms with Crippen LogP contribution >= 0.6 is 11.6 Å². The monoisotopic (exact) mass is 293 g/mol. The van der Waals surface area contributed by atoms with Crippen molar-refractivity contribution in [3.05, 3.63) is 53.1 Å². The first-order chi connectivity index (χ1) is 9.63. The van der Waals surface area contributed by atoms with Crippen LogP contribution in [0.4, 0.5) is 0 Å². The Morgan fingerprint density at radius 2 is 2.25 bits per heavy atom. The number of amides is 1. The van der Waals surface area contributed by atoms with Gasteiger partial charge in [0.25, 0.3) is 5.91 Å². The van der Waals surface area contributed by atoms with Crippen LogP contribution in [0.25, 0.3) is 0 Å². The van der Waals surface area contributed by atoms with Crippen LogP contribution in [0.15, 0.2) is 36.7 Å². The SMILES string of the molecule is CCn1ccnc1CNC(=O)C(O)c1ccccc1Cl. The number of rotatable bonds is 5. The molecule has 0 saturated heterocycles. The second-order valence-corrected chi connectivity index (χ2v) is 4.68. The smallest absolute Gasteiger partial charge is 0.253 e. The Labute approximate surface area is 122 Å². The van der Waals surface area contributed by atoms with Crippen molar-refractivity contribution in [2.24, 2.45) is 0 Å². The fourth-order valence-electron chi connectivity index (χ4n) is 1.90. The highest BCUT2D eigenvalue weighted by atomic mass is 35.5. The van der Waals surface area contributed by atoms with Crippen molar-refractivity contribution in [1.29, 1.82) is 0 Å². The van der Waals surface area contributed by atoms with Gasteiger partial charge in [0, 0.05) is 29.5 Å². The Morgan fingerprint density at radius 3 is 2.95 bits per heavy atom. The summed E-state index contributed by atoms with van der Waals surface area (Å²) < 4.78 is 1.92. The molecule has 1 aromatic carbocycles. The first-order valence-corrected chi connectivity index (χ1v) is 6.71. The number of aliphatic hydroxyl groups excluding tert-OH is 1. The van der Waals surface area contributed by atoms with E-state index in [0.717, 1.165) is 12.4 Å². The third kappa shape index (κ3) is 3.18. The van der Waals surface area contributed by atoms with Crippen molar-refractivity contribution < 1.29 is 9.90 Å². The summed E-state index contributed by atoms with van der Waals surface area (Å²) in [6.45, 7) is 3.03. The van der Waals surface area contributed by atoms with Gasteiger partial charge < -0.3 is 15.0 Å². The molecule has 2 rings (SSSR count). The summed E-state index contributed by atoms with van der Waals surface area (Å²) in [7, 11) is 0. The van der Waals surface area contributed by atoms with Crippen LogP contribution in [0.1, 0.15) is 24.4 Å². The Morgan fingerprint density at radius 1 is 1.50 bits per heavy atom. The summed E-state index contributed by atoms with van der Waals surface area (Å²) in [5, 5.41) is 13.0. The van der Waals surface area contributed by atoms with Gasteiger partial charge >= 0.3 is 0 Å². The molecule has 0 fully saturated rings. The maximum absolute atomic E-state index is 11.9. The lowest BCUT2D eigenvalue weighted by Crippen LogP contribution is -2.30. The summed E-state index contributed by atoms with van der Waals surface area (Å²) in [4.78, 5) is 16.1. The molecule has 0 saturated carbocycles. The van der Waals surface area contributed by atoms with E-state index in [1.165, 1.54) is 0 Å². The van der Waals surface area contributed by atoms with E-state index in [1.54, 1.807) is 30.5 Å². The minimum atomic E-state index is -1.28. The predicted octanol–water partition coefficient (Wildman–Crippen LogP) is 1.91. The van der Waals surface area contributed by atoms with Crippen LogP contribution < -0.4 is 5.32 Å². The minimum absolute atomic E-state index is 0.265. The number of nitrogens with one attached hydrogen (secondary N) is 1. The highest BCUT2D eigenvalue weighted by Gasteiger charge is 2.19. The zero-order valence-electron chi connectivity index (χ0n) is 11.1. The van der Waals surface area contributed by atoms with Gasteiger partial charge in [-0.1, -0.05) is 29.8 Å². The lowest BCUT2D eigenvalue weighted by molar-refractivity contribution is -0.129. The summed E-state index contributed by atoms with van der Waals surface area (Å²) >= 11 is 5.95. The molecule has 0 aliphatic carbocycles. The van der Waals surface area contributed by atoms with Crippen LogP contribution in [0.2, 0.25) is 5.02 Å². The molecule has 106 valence electrons. The van der Waals surface area contributed by atoms with E-state index >= 15 is 0 Å². The van der Waals surface area contributed by atoms with Crippen molar-refractivity contribution in [3.63, 3.8) is 0 Å². The molecule has 1 aromatic heterocycles. The van der Waals surface area contributed by atoms with E-state index in [-0.39, 0.29) is 6.54 Å². The number of aliphatic hydroxyl groups is 1. The Kier molecular flexibility index (Phi) is 4.76. The Hall–Kier alpha value is -1.85. The van der Waals surface area contributed by atoms with E-state index < -0.39 is 12.0 Å². The second kappa shape index (κ2) is 6.54. The van der Waals surface area contributed by atoms with Gasteiger partial charge in [-0.3, -0.25) is 4.79 Å². The van der Waals surface area contributed by atoms with Gasteiger partial charge in [-0.15, -0.1) is 0 Å². The van der Waals surface area contributed by atoms with Crippen LogP contribution in [0, 0.1) is 0 Å². The normalized spacial score (nSPS) is 12.2. The van der Waals surface area contributed by atoms with Crippen molar-refractivity contribution in [3.8, 4) is 0 Å². The van der Waals surface area contributed by atoms with Crippen LogP contribution in [-0.2, 0) is 17.9 Å². The molecule has 2 aromatic rings. The number of carbonyl (C=O) groups is 1. The van der Waals surface area contributed by atoms with Gasteiger partial charge in [0.1, 0.15) is 5.82 Å². The summed E-state index contributed by atoms with van der Waals surface area (Å²) in [5.74, 6) is 0.246. The van der Waals surface area contributed by atoms with E-state index in [4.69, 9.17) is 11.6 Å². The molecule has 0 spiro atoms. The minimum Gasteiger partial charge on any atom is -0.378 e. The molecular formula is C14H16ClN3O2. The molecular weight excluding hydrogens is 278 g/mol. The van der Waals surface area contributed by atoms with Crippen molar-refractivity contribution in [2.75, 3.05) is 0 Å². The largest absolute Gasteiger partial charge is 0.378 e. The molecule has 20 heavy (non-hydrogen) atoms. The summed E-state index contributed by atoms with van der Waals surface area (Å²) in [5.41, 5.74) is 0.394. The molecule has 2 N–H and O–H groups in total. The van der Waals surface area contributed by atoms with Gasteiger partial charge in [-0.25, -0.2) is 4.98 Å². The number of aryl methyl sites for hydroxylation is 1. The zero-order chi connectivity index (χ0) is 14.5. The van der Waals surface area contributed by atoms with Crippen molar-refractivity contribution in [2.45, 2.75) is 26.1 Å². The van der Waals surface area contributed by atoms with Gasteiger partial charge in [0.05, 0.1) is 6.54 Å². The standard InChI is InChI=1S/C14H16ClN3O2/c1-2-18-8-7-16-12(18)9-17-14(20)13(19)10-5-3-4-6-11(10)15/h3-8,13,19H,2,9H2,1H3,(H,17,20). The first-order valence-electron chi connectivity index (χ1n) is 6.33. The topological polar surface area (TPSA) is 67.2 Å². The second-order valence-electron chi connectivity index (χ2n) is 4.27. The molecule has 5 nitrogen and oxygen atoms in total. The Bertz CT molecular complexity index is 598. The summed E-state index contributed by atoms with van der Waals surface area (Å²) in [6, 6.07) is 6.73. The zero-order valence-corrected chi connectivity index (χ0v) is 11.8. The van der Waals surface area contributed by atoms with E-state index in [0.29, 0.717) is 10.6 Å². The van der Waals surface area contributed by atoms with E-state index in [9.17, 15) is 9.90 Å². The number of nitrogens with zero attached hydrogens (tertiary/aromatic N) is 2. The number of benzene rings is 1. The number of hydrogen-bond acceptors (Lipinski definition) is 3. The maximum atomic E-state index is 11.9. The third-order valence-electron chi connectivity index (χ3n) is 3.01. The molecule has 1 atom stereocenters. The third-order valence-corrected chi connectivity index (χ3v) is 3.36. The van der Waals surface area contributed by atoms with E-state index in [2.05, 4.69) is 10.3 Å². The number of carbonyl (C=O) groups excluding carboxylic acids is 1. The highest BCUT2D eigenvalue weighted by molar-refractivity contribution is 6.31. The van der Waals surface area contributed by atoms with Crippen molar-refractivity contribution >= 4 is 17.5 Å². The van der Waals surface area contributed by atoms with Crippen LogP contribution in [0.5, 0.6) is 0 Å². The number of imidazole rings is 1. The summed E-state index contributed by atoms with van der Waals surface area (Å²) in [6.07, 6.45) is 2.23. The number of hydrogen-bond donors (Lipinski definition) is 2. The molecule has 0 bridgehead atoms. The quantitative estimate of drug-likeness (QED) is 0.885. The lowest BCUT2D eigenvalue weighted by Gasteiger charge is -2.13. The number of halogens is 1. The molecule has 0 aliphatic heterocycles. The van der Waals surface area contributed by atoms with Gasteiger partial charge in [0.15, 0.2) is 6.10 Å². The van der Waals surface area contributed by atoms with Gasteiger partial charge in [0.2, 0.25) is 0 Å². The van der Waals surface area contributed by atoms with Crippen LogP contribution in [0.3, 0.4) is 0 Å². The lowest BCUT2D eigenvalue weighted by atomic mass is 10.1. The highest BCUT2D eigenvalue weighted by Crippen LogP contribution is 2.22. The van der Waals surface area contributed by atoms with Gasteiger partial charge in [-0.2, -0.15) is 0 Å². The molecule has 0 aliphatic rings. The van der Waals surface area contributed by atoms with E-state index in [1.807, 2.05) is 17.7 Å². The molecule has 6 heteroatoms. The predicted molar refractivity (Wildman–Crippen MR) is 76.2 cm³/mol. The average Bonchev–Trinajstić information content (AvgIpc) is 2.92. The van der Waals surface area contributed by atoms with Crippen LogP contribution in [-0.4, -0.2) is 20.6 Å². The number of aromatic nitrogens is 2. The fraction of sp³-hybridized carbons (Fsp3) is 0.286. The molecule has 1 unspecified atom stereocenters. The average molecular weight is 294 g/mol. The Balaban J connectivity index is 2.00. The molecule has 0 radical (unpaired) electrons. The van der Waals surface area contributed by atoms with Gasteiger partial charge in [-0.05, 0) is 13.0 Å².